The summed E-state index contributed by atoms with van der Waals surface area (Å²) in [4.78, 5) is 21.6. The highest BCUT2D eigenvalue weighted by Crippen LogP contribution is 2.43. The number of aryl methyl sites for hydroxylation is 2. The van der Waals surface area contributed by atoms with E-state index >= 15 is 0 Å². The van der Waals surface area contributed by atoms with Crippen molar-refractivity contribution in [1.82, 2.24) is 25.1 Å². The van der Waals surface area contributed by atoms with Crippen molar-refractivity contribution in [2.24, 2.45) is 5.41 Å². The molecule has 4 N–H and O–H groups in total. The van der Waals surface area contributed by atoms with Crippen molar-refractivity contribution < 1.29 is 27.8 Å². The largest absolute Gasteiger partial charge is 0.480 e. The molecule has 4 heterocycles. The summed E-state index contributed by atoms with van der Waals surface area (Å²) in [5.74, 6) is -1.08. The molecule has 0 radical (unpaired) electrons. The minimum atomic E-state index is -4.83. The van der Waals surface area contributed by atoms with E-state index in [2.05, 4.69) is 20.4 Å². The summed E-state index contributed by atoms with van der Waals surface area (Å²) in [6.07, 6.45) is -3.74. The van der Waals surface area contributed by atoms with Gasteiger partial charge in [0, 0.05) is 42.5 Å². The van der Waals surface area contributed by atoms with E-state index in [9.17, 15) is 23.1 Å². The summed E-state index contributed by atoms with van der Waals surface area (Å²) in [6, 6.07) is 12.5. The molecule has 0 amide bonds. The van der Waals surface area contributed by atoms with Crippen LogP contribution < -0.4 is 20.7 Å². The average Bonchev–Trinajstić information content (AvgIpc) is 3.63. The normalized spacial score (nSPS) is 18.6. The van der Waals surface area contributed by atoms with Crippen molar-refractivity contribution in [1.29, 1.82) is 0 Å². The number of anilines is 2. The highest BCUT2D eigenvalue weighted by molar-refractivity contribution is 6.31. The number of nitrogens with one attached hydrogen (secondary N) is 1. The van der Waals surface area contributed by atoms with Crippen LogP contribution in [0.5, 0.6) is 5.88 Å². The molecule has 2 aromatic heterocycles. The summed E-state index contributed by atoms with van der Waals surface area (Å²) in [6.45, 7) is 5.27. The number of carbonyl (C=O) groups is 1. The Balaban J connectivity index is 1.31. The number of aliphatic carboxylic acids is 1. The summed E-state index contributed by atoms with van der Waals surface area (Å²) in [5.41, 5.74) is 8.73. The van der Waals surface area contributed by atoms with E-state index in [1.54, 1.807) is 37.4 Å². The fraction of sp³-hybridized carbons (Fsp3) is 0.375. The summed E-state index contributed by atoms with van der Waals surface area (Å²) < 4.78 is 51.5. The van der Waals surface area contributed by atoms with Gasteiger partial charge in [0.2, 0.25) is 17.9 Å². The minimum Gasteiger partial charge on any atom is -0.480 e. The zero-order valence-corrected chi connectivity index (χ0v) is 25.9. The van der Waals surface area contributed by atoms with E-state index < -0.39 is 24.3 Å². The lowest BCUT2D eigenvalue weighted by molar-refractivity contribution is -0.198. The van der Waals surface area contributed by atoms with Crippen LogP contribution in [0.2, 0.25) is 5.02 Å². The number of nitrogens with zero attached hydrogens (tertiary/aromatic N) is 5. The number of halogens is 4. The number of rotatable bonds is 7. The summed E-state index contributed by atoms with van der Waals surface area (Å²) >= 11 is 6.35. The predicted octanol–water partition coefficient (Wildman–Crippen LogP) is 5.90. The molecule has 2 saturated heterocycles. The number of alkyl halides is 3. The number of carboxylic acids is 1. The summed E-state index contributed by atoms with van der Waals surface area (Å²) in [5, 5.41) is 17.4. The fourth-order valence-corrected chi connectivity index (χ4v) is 6.41. The Hall–Kier alpha value is -4.36. The molecule has 1 spiro atoms. The standard InChI is InChI=1S/C32H33ClF3N7O3/c1-18-3-4-20(13-23(18)33)21-5-6-22(25(14-21)43-10-7-19(2)41-43)28(32(34,35)36)46-27-15-26(39-30(37)40-27)42-11-8-31(9-12-42)16-24(29(44)45)38-17-31/h3-7,10,13-15,24,28,38H,8-9,11-12,16-17H2,1-2H3,(H,44,45)(H2,37,39,40)/t24-,28+/m0/s1. The van der Waals surface area contributed by atoms with E-state index in [0.29, 0.717) is 61.0 Å². The van der Waals surface area contributed by atoms with Gasteiger partial charge >= 0.3 is 12.1 Å². The molecule has 14 heteroatoms. The maximum Gasteiger partial charge on any atom is 0.429 e. The molecule has 4 aromatic rings. The second-order valence-electron chi connectivity index (χ2n) is 12.1. The SMILES string of the molecule is Cc1ccn(-c2cc(-c3ccc(C)c(Cl)c3)ccc2[C@@H](Oc2cc(N3CCC4(CC3)CN[C@H](C(=O)O)C4)nc(N)n2)C(F)(F)F)n1. The predicted molar refractivity (Wildman–Crippen MR) is 167 cm³/mol. The molecule has 46 heavy (non-hydrogen) atoms. The average molecular weight is 656 g/mol. The van der Waals surface area contributed by atoms with Gasteiger partial charge in [0.25, 0.3) is 0 Å². The van der Waals surface area contributed by atoms with Gasteiger partial charge in [-0.15, -0.1) is 0 Å². The Morgan fingerprint density at radius 3 is 2.46 bits per heavy atom. The zero-order chi connectivity index (χ0) is 32.8. The number of nitrogens with two attached hydrogens (primary N) is 1. The van der Waals surface area contributed by atoms with Gasteiger partial charge in [-0.2, -0.15) is 28.2 Å². The molecule has 0 bridgehead atoms. The van der Waals surface area contributed by atoms with Crippen LogP contribution in [0, 0.1) is 19.3 Å². The number of benzene rings is 2. The number of carboxylic acid groups (broad SMARTS) is 1. The Labute approximate surface area is 268 Å². The minimum absolute atomic E-state index is 0.157. The monoisotopic (exact) mass is 655 g/mol. The smallest absolute Gasteiger partial charge is 0.429 e. The topological polar surface area (TPSA) is 131 Å². The highest BCUT2D eigenvalue weighted by atomic mass is 35.5. The van der Waals surface area contributed by atoms with Gasteiger partial charge in [-0.05, 0) is 73.4 Å². The second kappa shape index (κ2) is 12.1. The molecular formula is C32H33ClF3N7O3. The molecule has 2 aromatic carbocycles. The first kappa shape index (κ1) is 31.6. The van der Waals surface area contributed by atoms with Crippen LogP contribution in [0.4, 0.5) is 24.9 Å². The van der Waals surface area contributed by atoms with E-state index in [1.807, 2.05) is 24.0 Å². The van der Waals surface area contributed by atoms with Crippen LogP contribution in [0.15, 0.2) is 54.7 Å². The number of hydrogen-bond acceptors (Lipinski definition) is 8. The van der Waals surface area contributed by atoms with Crippen LogP contribution in [0.3, 0.4) is 0 Å². The zero-order valence-electron chi connectivity index (χ0n) is 25.2. The Kier molecular flexibility index (Phi) is 8.32. The number of hydrogen-bond donors (Lipinski definition) is 3. The molecule has 242 valence electrons. The third-order valence-corrected chi connectivity index (χ3v) is 9.24. The van der Waals surface area contributed by atoms with Crippen molar-refractivity contribution in [3.63, 3.8) is 0 Å². The molecule has 0 aliphatic carbocycles. The molecule has 2 atom stereocenters. The highest BCUT2D eigenvalue weighted by Gasteiger charge is 2.46. The van der Waals surface area contributed by atoms with Crippen LogP contribution in [0.1, 0.15) is 42.2 Å². The number of aromatic nitrogens is 4. The van der Waals surface area contributed by atoms with Crippen molar-refractivity contribution in [2.45, 2.75) is 51.4 Å². The van der Waals surface area contributed by atoms with Crippen molar-refractivity contribution in [3.8, 4) is 22.7 Å². The maximum atomic E-state index is 14.8. The lowest BCUT2D eigenvalue weighted by Crippen LogP contribution is -2.41. The van der Waals surface area contributed by atoms with Crippen LogP contribution in [-0.2, 0) is 4.79 Å². The molecule has 10 nitrogen and oxygen atoms in total. The van der Waals surface area contributed by atoms with Gasteiger partial charge in [0.05, 0.1) is 11.4 Å². The number of nitrogen functional groups attached to an aromatic ring is 1. The first-order chi connectivity index (χ1) is 21.8. The van der Waals surface area contributed by atoms with Crippen molar-refractivity contribution in [3.05, 3.63) is 76.6 Å². The second-order valence-corrected chi connectivity index (χ2v) is 12.5. The molecule has 2 aliphatic rings. The maximum absolute atomic E-state index is 14.8. The Bertz CT molecular complexity index is 1770. The first-order valence-corrected chi connectivity index (χ1v) is 15.2. The van der Waals surface area contributed by atoms with Gasteiger partial charge in [-0.1, -0.05) is 35.9 Å². The molecule has 0 unspecified atom stereocenters. The van der Waals surface area contributed by atoms with E-state index in [1.165, 1.54) is 16.8 Å². The van der Waals surface area contributed by atoms with E-state index in [4.69, 9.17) is 22.1 Å². The van der Waals surface area contributed by atoms with Gasteiger partial charge in [0.15, 0.2) is 0 Å². The lowest BCUT2D eigenvalue weighted by Gasteiger charge is -2.39. The van der Waals surface area contributed by atoms with Gasteiger partial charge in [-0.25, -0.2) is 4.68 Å². The number of ether oxygens (including phenoxy) is 1. The Morgan fingerprint density at radius 2 is 1.83 bits per heavy atom. The lowest BCUT2D eigenvalue weighted by atomic mass is 9.76. The summed E-state index contributed by atoms with van der Waals surface area (Å²) in [7, 11) is 0. The fourth-order valence-electron chi connectivity index (χ4n) is 6.23. The van der Waals surface area contributed by atoms with Gasteiger partial charge in [-0.3, -0.25) is 4.79 Å². The Morgan fingerprint density at radius 1 is 1.11 bits per heavy atom. The molecular weight excluding hydrogens is 623 g/mol. The third kappa shape index (κ3) is 6.47. The van der Waals surface area contributed by atoms with Gasteiger partial charge in [0.1, 0.15) is 11.9 Å². The first-order valence-electron chi connectivity index (χ1n) is 14.8. The van der Waals surface area contributed by atoms with Crippen LogP contribution >= 0.6 is 11.6 Å². The van der Waals surface area contributed by atoms with Gasteiger partial charge < -0.3 is 25.8 Å². The van der Waals surface area contributed by atoms with Crippen molar-refractivity contribution in [2.75, 3.05) is 30.3 Å². The quantitative estimate of drug-likeness (QED) is 0.223. The third-order valence-electron chi connectivity index (χ3n) is 8.84. The van der Waals surface area contributed by atoms with Crippen LogP contribution in [-0.4, -0.2) is 62.7 Å². The van der Waals surface area contributed by atoms with Crippen LogP contribution in [0.25, 0.3) is 16.8 Å². The van der Waals surface area contributed by atoms with E-state index in [-0.39, 0.29) is 28.5 Å². The molecule has 0 saturated carbocycles. The molecule has 6 rings (SSSR count). The van der Waals surface area contributed by atoms with E-state index in [0.717, 1.165) is 11.1 Å². The molecule has 2 fully saturated rings. The van der Waals surface area contributed by atoms with Crippen molar-refractivity contribution >= 4 is 29.3 Å². The number of piperidine rings is 1. The molecule has 2 aliphatic heterocycles.